The van der Waals surface area contributed by atoms with Crippen molar-refractivity contribution >= 4 is 21.9 Å². The molecule has 2 N–H and O–H groups in total. The lowest BCUT2D eigenvalue weighted by Gasteiger charge is -2.29. The number of nitrogens with one attached hydrogen (secondary N) is 2. The maximum atomic E-state index is 12.1. The molecule has 2 heterocycles. The fourth-order valence-electron chi connectivity index (χ4n) is 2.17. The topological polar surface area (TPSA) is 117 Å². The average Bonchev–Trinajstić information content (AvgIpc) is 2.86. The molecule has 21 heavy (non-hydrogen) atoms. The summed E-state index contributed by atoms with van der Waals surface area (Å²) in [6.45, 7) is 2.88. The van der Waals surface area contributed by atoms with Gasteiger partial charge in [0.05, 0.1) is 18.8 Å². The van der Waals surface area contributed by atoms with Crippen LogP contribution in [-0.4, -0.2) is 59.8 Å². The number of hydrogen-bond acceptors (Lipinski definition) is 6. The van der Waals surface area contributed by atoms with Gasteiger partial charge in [0.1, 0.15) is 0 Å². The van der Waals surface area contributed by atoms with Crippen molar-refractivity contribution in [3.05, 3.63) is 0 Å². The molecule has 1 saturated heterocycles. The van der Waals surface area contributed by atoms with Crippen molar-refractivity contribution in [3.8, 4) is 6.01 Å². The van der Waals surface area contributed by atoms with E-state index in [4.69, 9.17) is 4.74 Å². The van der Waals surface area contributed by atoms with Gasteiger partial charge in [-0.2, -0.15) is 4.98 Å². The monoisotopic (exact) mass is 317 g/mol. The Hall–Kier alpha value is -1.68. The predicted octanol–water partition coefficient (Wildman–Crippen LogP) is -0.186. The number of anilines is 1. The van der Waals surface area contributed by atoms with Gasteiger partial charge in [-0.1, -0.05) is 0 Å². The number of nitrogens with zero attached hydrogens (tertiary/aromatic N) is 3. The molecule has 0 saturated carbocycles. The van der Waals surface area contributed by atoms with Gasteiger partial charge in [-0.05, 0) is 19.8 Å². The molecule has 9 nitrogen and oxygen atoms in total. The summed E-state index contributed by atoms with van der Waals surface area (Å²) in [5, 5.41) is 8.92. The van der Waals surface area contributed by atoms with Gasteiger partial charge >= 0.3 is 6.01 Å². The third-order valence-corrected chi connectivity index (χ3v) is 4.47. The number of aromatic amines is 1. The van der Waals surface area contributed by atoms with Gasteiger partial charge in [0.15, 0.2) is 0 Å². The summed E-state index contributed by atoms with van der Waals surface area (Å²) in [5.74, 6) is -0.475. The lowest BCUT2D eigenvalue weighted by molar-refractivity contribution is -0.120. The van der Waals surface area contributed by atoms with E-state index in [2.05, 4.69) is 20.5 Å². The average molecular weight is 317 g/mol. The highest BCUT2D eigenvalue weighted by Crippen LogP contribution is 2.20. The Bertz CT molecular complexity index is 600. The SMILES string of the molecule is CCOc1n[nH]c(NC(=O)C2CCCN(S(C)(=O)=O)C2)n1. The zero-order valence-corrected chi connectivity index (χ0v) is 12.8. The van der Waals surface area contributed by atoms with Crippen molar-refractivity contribution in [1.82, 2.24) is 19.5 Å². The second kappa shape index (κ2) is 6.39. The van der Waals surface area contributed by atoms with E-state index in [0.717, 1.165) is 6.26 Å². The Morgan fingerprint density at radius 2 is 2.33 bits per heavy atom. The van der Waals surface area contributed by atoms with Crippen molar-refractivity contribution < 1.29 is 17.9 Å². The first-order chi connectivity index (χ1) is 9.90. The molecule has 0 aliphatic carbocycles. The summed E-state index contributed by atoms with van der Waals surface area (Å²) >= 11 is 0. The van der Waals surface area contributed by atoms with Gasteiger partial charge in [0.2, 0.25) is 21.9 Å². The largest absolute Gasteiger partial charge is 0.463 e. The molecule has 118 valence electrons. The van der Waals surface area contributed by atoms with Crippen LogP contribution in [0.15, 0.2) is 0 Å². The Labute approximate surface area is 123 Å². The van der Waals surface area contributed by atoms with Crippen molar-refractivity contribution in [2.24, 2.45) is 5.92 Å². The molecular weight excluding hydrogens is 298 g/mol. The quantitative estimate of drug-likeness (QED) is 0.777. The molecule has 0 aromatic carbocycles. The number of H-pyrrole nitrogens is 1. The predicted molar refractivity (Wildman–Crippen MR) is 75.3 cm³/mol. The lowest BCUT2D eigenvalue weighted by atomic mass is 9.99. The van der Waals surface area contributed by atoms with Crippen molar-refractivity contribution in [3.63, 3.8) is 0 Å². The van der Waals surface area contributed by atoms with Gasteiger partial charge in [0, 0.05) is 13.1 Å². The van der Waals surface area contributed by atoms with Crippen LogP contribution in [0.5, 0.6) is 6.01 Å². The number of piperidine rings is 1. The van der Waals surface area contributed by atoms with Crippen LogP contribution < -0.4 is 10.1 Å². The lowest BCUT2D eigenvalue weighted by Crippen LogP contribution is -2.43. The first-order valence-electron chi connectivity index (χ1n) is 6.71. The van der Waals surface area contributed by atoms with E-state index in [-0.39, 0.29) is 24.4 Å². The molecule has 0 spiro atoms. The molecule has 0 radical (unpaired) electrons. The van der Waals surface area contributed by atoms with Crippen LogP contribution >= 0.6 is 0 Å². The minimum atomic E-state index is -3.27. The van der Waals surface area contributed by atoms with Crippen molar-refractivity contribution in [2.45, 2.75) is 19.8 Å². The summed E-state index contributed by atoms with van der Waals surface area (Å²) < 4.78 is 29.5. The molecule has 1 aliphatic heterocycles. The third kappa shape index (κ3) is 4.14. The first kappa shape index (κ1) is 15.7. The smallest absolute Gasteiger partial charge is 0.337 e. The molecule has 1 atom stereocenters. The molecule has 10 heteroatoms. The minimum absolute atomic E-state index is 0.161. The summed E-state index contributed by atoms with van der Waals surface area (Å²) in [5.41, 5.74) is 0. The number of carbonyl (C=O) groups is 1. The van der Waals surface area contributed by atoms with Gasteiger partial charge < -0.3 is 4.74 Å². The van der Waals surface area contributed by atoms with E-state index >= 15 is 0 Å². The summed E-state index contributed by atoms with van der Waals surface area (Å²) in [4.78, 5) is 16.1. The molecule has 2 rings (SSSR count). The summed E-state index contributed by atoms with van der Waals surface area (Å²) in [7, 11) is -3.27. The van der Waals surface area contributed by atoms with E-state index in [1.807, 2.05) is 0 Å². The van der Waals surface area contributed by atoms with Crippen LogP contribution in [0.1, 0.15) is 19.8 Å². The second-order valence-corrected chi connectivity index (χ2v) is 6.83. The van der Waals surface area contributed by atoms with Gasteiger partial charge in [-0.25, -0.2) is 17.8 Å². The number of sulfonamides is 1. The van der Waals surface area contributed by atoms with Crippen LogP contribution in [0.25, 0.3) is 0 Å². The van der Waals surface area contributed by atoms with Crippen LogP contribution in [-0.2, 0) is 14.8 Å². The van der Waals surface area contributed by atoms with Gasteiger partial charge in [-0.3, -0.25) is 10.1 Å². The normalized spacial score (nSPS) is 20.2. The fraction of sp³-hybridized carbons (Fsp3) is 0.727. The fourth-order valence-corrected chi connectivity index (χ4v) is 3.08. The number of hydrogen-bond donors (Lipinski definition) is 2. The highest BCUT2D eigenvalue weighted by Gasteiger charge is 2.30. The summed E-state index contributed by atoms with van der Waals surface area (Å²) in [6.07, 6.45) is 2.45. The van der Waals surface area contributed by atoms with Crippen LogP contribution in [0.4, 0.5) is 5.95 Å². The van der Waals surface area contributed by atoms with E-state index in [0.29, 0.717) is 26.0 Å². The Morgan fingerprint density at radius 3 is 3.00 bits per heavy atom. The van der Waals surface area contributed by atoms with Gasteiger partial charge in [-0.15, -0.1) is 5.10 Å². The number of aromatic nitrogens is 3. The maximum absolute atomic E-state index is 12.1. The summed E-state index contributed by atoms with van der Waals surface area (Å²) in [6, 6.07) is 0.161. The van der Waals surface area contributed by atoms with Crippen LogP contribution in [0, 0.1) is 5.92 Å². The first-order valence-corrected chi connectivity index (χ1v) is 8.56. The maximum Gasteiger partial charge on any atom is 0.337 e. The molecule has 1 aromatic heterocycles. The number of rotatable bonds is 5. The van der Waals surface area contributed by atoms with Crippen LogP contribution in [0.3, 0.4) is 0 Å². The third-order valence-electron chi connectivity index (χ3n) is 3.20. The molecule has 1 aliphatic rings. The molecule has 1 aromatic rings. The van der Waals surface area contributed by atoms with Gasteiger partial charge in [0.25, 0.3) is 0 Å². The molecule has 1 fully saturated rings. The van der Waals surface area contributed by atoms with Crippen molar-refractivity contribution in [1.29, 1.82) is 0 Å². The minimum Gasteiger partial charge on any atom is -0.463 e. The van der Waals surface area contributed by atoms with Crippen molar-refractivity contribution in [2.75, 3.05) is 31.3 Å². The molecule has 0 bridgehead atoms. The van der Waals surface area contributed by atoms with E-state index in [1.165, 1.54) is 4.31 Å². The molecule has 1 amide bonds. The van der Waals surface area contributed by atoms with E-state index in [9.17, 15) is 13.2 Å². The van der Waals surface area contributed by atoms with Crippen LogP contribution in [0.2, 0.25) is 0 Å². The Kier molecular flexibility index (Phi) is 4.78. The van der Waals surface area contributed by atoms with E-state index in [1.54, 1.807) is 6.92 Å². The zero-order chi connectivity index (χ0) is 15.5. The Balaban J connectivity index is 1.96. The highest BCUT2D eigenvalue weighted by molar-refractivity contribution is 7.88. The standard InChI is InChI=1S/C11H19N5O4S/c1-3-20-11-13-10(14-15-11)12-9(17)8-5-4-6-16(7-8)21(2,18)19/h8H,3-7H2,1-2H3,(H2,12,13,14,15,17). The Morgan fingerprint density at radius 1 is 1.57 bits per heavy atom. The number of amides is 1. The zero-order valence-electron chi connectivity index (χ0n) is 12.0. The molecular formula is C11H19N5O4S. The number of ether oxygens (including phenoxy) is 1. The highest BCUT2D eigenvalue weighted by atomic mass is 32.2. The van der Waals surface area contributed by atoms with E-state index < -0.39 is 15.9 Å². The number of carbonyl (C=O) groups excluding carboxylic acids is 1. The molecule has 1 unspecified atom stereocenters. The second-order valence-electron chi connectivity index (χ2n) is 4.85.